The zero-order chi connectivity index (χ0) is 22.5. The Morgan fingerprint density at radius 3 is 2.48 bits per heavy atom. The highest BCUT2D eigenvalue weighted by Crippen LogP contribution is 2.20. The van der Waals surface area contributed by atoms with Gasteiger partial charge >= 0.3 is 11.9 Å². The third-order valence-corrected chi connectivity index (χ3v) is 5.52. The van der Waals surface area contributed by atoms with Crippen LogP contribution in [0.15, 0.2) is 29.3 Å². The van der Waals surface area contributed by atoms with E-state index in [1.807, 2.05) is 13.8 Å². The first kappa shape index (κ1) is 22.4. The number of nitrogens with zero attached hydrogens (tertiary/aromatic N) is 4. The number of aromatic nitrogens is 3. The zero-order valence-electron chi connectivity index (χ0n) is 17.9. The van der Waals surface area contributed by atoms with Crippen LogP contribution >= 0.6 is 11.3 Å². The van der Waals surface area contributed by atoms with Crippen molar-refractivity contribution in [3.8, 4) is 0 Å². The quantitative estimate of drug-likeness (QED) is 0.519. The molecule has 0 aliphatic rings. The minimum Gasteiger partial charge on any atom is -0.465 e. The van der Waals surface area contributed by atoms with Crippen molar-refractivity contribution in [3.63, 3.8) is 0 Å². The van der Waals surface area contributed by atoms with Gasteiger partial charge in [-0.15, -0.1) is 0 Å². The Kier molecular flexibility index (Phi) is 7.01. The number of amides is 1. The molecule has 9 nitrogen and oxygen atoms in total. The van der Waals surface area contributed by atoms with Gasteiger partial charge in [0.2, 0.25) is 0 Å². The van der Waals surface area contributed by atoms with Crippen LogP contribution in [0.1, 0.15) is 47.3 Å². The summed E-state index contributed by atoms with van der Waals surface area (Å²) in [7, 11) is 0. The smallest absolute Gasteiger partial charge is 0.338 e. The molecule has 2 heterocycles. The standard InChI is InChI=1S/C21H24N4O5S/c1-5-25-13(4)10-15(23-25)19(27)22-21-24(12-18(26)29-6-2)16-9-8-14(11-17(16)31-21)20(28)30-7-3/h8-11H,5-7,12H2,1-4H3. The molecule has 10 heteroatoms. The second-order valence-corrected chi connectivity index (χ2v) is 7.59. The second kappa shape index (κ2) is 9.69. The fourth-order valence-electron chi connectivity index (χ4n) is 3.07. The molecule has 0 bridgehead atoms. The number of fused-ring (bicyclic) bond motifs is 1. The topological polar surface area (TPSA) is 105 Å². The van der Waals surface area contributed by atoms with Crippen molar-refractivity contribution in [2.45, 2.75) is 40.8 Å². The van der Waals surface area contributed by atoms with Gasteiger partial charge in [-0.1, -0.05) is 11.3 Å². The average Bonchev–Trinajstić information content (AvgIpc) is 3.28. The van der Waals surface area contributed by atoms with E-state index in [0.717, 1.165) is 5.69 Å². The Morgan fingerprint density at radius 2 is 1.84 bits per heavy atom. The van der Waals surface area contributed by atoms with E-state index in [0.29, 0.717) is 27.1 Å². The summed E-state index contributed by atoms with van der Waals surface area (Å²) in [6.07, 6.45) is 0. The number of carbonyl (C=O) groups is 3. The molecular weight excluding hydrogens is 420 g/mol. The van der Waals surface area contributed by atoms with Gasteiger partial charge < -0.3 is 14.0 Å². The van der Waals surface area contributed by atoms with Gasteiger partial charge in [-0.05, 0) is 52.0 Å². The Morgan fingerprint density at radius 1 is 1.10 bits per heavy atom. The summed E-state index contributed by atoms with van der Waals surface area (Å²) in [4.78, 5) is 41.5. The van der Waals surface area contributed by atoms with Crippen LogP contribution in [-0.2, 0) is 27.4 Å². The van der Waals surface area contributed by atoms with Crippen LogP contribution in [0.4, 0.5) is 0 Å². The maximum absolute atomic E-state index is 12.8. The summed E-state index contributed by atoms with van der Waals surface area (Å²) in [6, 6.07) is 6.67. The van der Waals surface area contributed by atoms with Crippen LogP contribution < -0.4 is 4.80 Å². The van der Waals surface area contributed by atoms with Gasteiger partial charge in [0.1, 0.15) is 6.54 Å². The maximum Gasteiger partial charge on any atom is 0.338 e. The molecule has 0 aliphatic carbocycles. The van der Waals surface area contributed by atoms with E-state index in [4.69, 9.17) is 9.47 Å². The van der Waals surface area contributed by atoms with Crippen molar-refractivity contribution in [1.82, 2.24) is 14.3 Å². The molecule has 0 unspecified atom stereocenters. The Hall–Kier alpha value is -3.27. The van der Waals surface area contributed by atoms with Crippen LogP contribution in [0.3, 0.4) is 0 Å². The number of rotatable bonds is 7. The first-order valence-electron chi connectivity index (χ1n) is 9.97. The largest absolute Gasteiger partial charge is 0.465 e. The van der Waals surface area contributed by atoms with Crippen LogP contribution in [0.2, 0.25) is 0 Å². The van der Waals surface area contributed by atoms with Gasteiger partial charge in [0, 0.05) is 12.2 Å². The van der Waals surface area contributed by atoms with Crippen molar-refractivity contribution < 1.29 is 23.9 Å². The van der Waals surface area contributed by atoms with Gasteiger partial charge in [0.05, 0.1) is 29.0 Å². The van der Waals surface area contributed by atoms with E-state index >= 15 is 0 Å². The van der Waals surface area contributed by atoms with E-state index in [1.54, 1.807) is 47.4 Å². The molecule has 0 fully saturated rings. The predicted molar refractivity (Wildman–Crippen MR) is 115 cm³/mol. The van der Waals surface area contributed by atoms with Crippen LogP contribution in [0.5, 0.6) is 0 Å². The number of thiazole rings is 1. The van der Waals surface area contributed by atoms with Crippen molar-refractivity contribution in [3.05, 3.63) is 46.0 Å². The Balaban J connectivity index is 2.10. The molecule has 0 aliphatic heterocycles. The number of aryl methyl sites for hydroxylation is 2. The van der Waals surface area contributed by atoms with E-state index < -0.39 is 17.8 Å². The number of ether oxygens (including phenoxy) is 2. The molecule has 31 heavy (non-hydrogen) atoms. The molecule has 0 radical (unpaired) electrons. The minimum atomic E-state index is -0.509. The highest BCUT2D eigenvalue weighted by Gasteiger charge is 2.16. The highest BCUT2D eigenvalue weighted by atomic mass is 32.1. The average molecular weight is 445 g/mol. The molecule has 0 spiro atoms. The number of hydrogen-bond acceptors (Lipinski definition) is 7. The first-order chi connectivity index (χ1) is 14.9. The lowest BCUT2D eigenvalue weighted by Crippen LogP contribution is -2.23. The molecule has 0 atom stereocenters. The van der Waals surface area contributed by atoms with Crippen molar-refractivity contribution >= 4 is 39.4 Å². The van der Waals surface area contributed by atoms with E-state index in [-0.39, 0.29) is 25.5 Å². The third-order valence-electron chi connectivity index (χ3n) is 4.48. The van der Waals surface area contributed by atoms with E-state index in [2.05, 4.69) is 10.1 Å². The molecule has 0 saturated heterocycles. The Labute approximate surface area is 182 Å². The summed E-state index contributed by atoms with van der Waals surface area (Å²) >= 11 is 1.20. The van der Waals surface area contributed by atoms with E-state index in [1.165, 1.54) is 11.3 Å². The normalized spacial score (nSPS) is 11.7. The molecular formula is C21H24N4O5S. The molecule has 1 aromatic carbocycles. The predicted octanol–water partition coefficient (Wildman–Crippen LogP) is 2.71. The minimum absolute atomic E-state index is 0.110. The fourth-order valence-corrected chi connectivity index (χ4v) is 4.13. The SMILES string of the molecule is CCOC(=O)Cn1c(=NC(=O)c2cc(C)n(CC)n2)sc2cc(C(=O)OCC)ccc21. The lowest BCUT2D eigenvalue weighted by Gasteiger charge is -2.06. The fraction of sp³-hybridized carbons (Fsp3) is 0.381. The third kappa shape index (κ3) is 4.91. The maximum atomic E-state index is 12.8. The lowest BCUT2D eigenvalue weighted by atomic mass is 10.2. The van der Waals surface area contributed by atoms with Crippen molar-refractivity contribution in [1.29, 1.82) is 0 Å². The van der Waals surface area contributed by atoms with Gasteiger partial charge in [-0.2, -0.15) is 10.1 Å². The summed E-state index contributed by atoms with van der Waals surface area (Å²) in [5.74, 6) is -1.40. The molecule has 2 aromatic heterocycles. The summed E-state index contributed by atoms with van der Waals surface area (Å²) in [5.41, 5.74) is 2.13. The molecule has 3 aromatic rings. The highest BCUT2D eigenvalue weighted by molar-refractivity contribution is 7.16. The zero-order valence-corrected chi connectivity index (χ0v) is 18.7. The Bertz CT molecular complexity index is 1200. The van der Waals surface area contributed by atoms with Crippen LogP contribution in [-0.4, -0.2) is 45.4 Å². The van der Waals surface area contributed by atoms with Gasteiger partial charge in [0.25, 0.3) is 5.91 Å². The molecule has 164 valence electrons. The molecule has 3 rings (SSSR count). The molecule has 0 saturated carbocycles. The summed E-state index contributed by atoms with van der Waals surface area (Å²) in [5, 5.41) is 4.27. The summed E-state index contributed by atoms with van der Waals surface area (Å²) in [6.45, 7) is 8.30. The van der Waals surface area contributed by atoms with Gasteiger partial charge in [0.15, 0.2) is 10.5 Å². The first-order valence-corrected chi connectivity index (χ1v) is 10.8. The number of esters is 2. The van der Waals surface area contributed by atoms with Crippen LogP contribution in [0, 0.1) is 6.92 Å². The number of benzene rings is 1. The van der Waals surface area contributed by atoms with Crippen LogP contribution in [0.25, 0.3) is 10.2 Å². The molecule has 1 amide bonds. The lowest BCUT2D eigenvalue weighted by molar-refractivity contribution is -0.143. The van der Waals surface area contributed by atoms with Crippen molar-refractivity contribution in [2.75, 3.05) is 13.2 Å². The van der Waals surface area contributed by atoms with Gasteiger partial charge in [-0.25, -0.2) is 4.79 Å². The number of carbonyl (C=O) groups excluding carboxylic acids is 3. The van der Waals surface area contributed by atoms with Crippen molar-refractivity contribution in [2.24, 2.45) is 4.99 Å². The molecule has 0 N–H and O–H groups in total. The second-order valence-electron chi connectivity index (χ2n) is 6.58. The van der Waals surface area contributed by atoms with E-state index in [9.17, 15) is 14.4 Å². The monoisotopic (exact) mass is 444 g/mol. The number of hydrogen-bond donors (Lipinski definition) is 0. The summed E-state index contributed by atoms with van der Waals surface area (Å²) < 4.78 is 14.1. The van der Waals surface area contributed by atoms with Gasteiger partial charge in [-0.3, -0.25) is 14.3 Å².